The summed E-state index contributed by atoms with van der Waals surface area (Å²) in [4.78, 5) is 1.81. The quantitative estimate of drug-likeness (QED) is 0.418. The van der Waals surface area contributed by atoms with Gasteiger partial charge in [0.15, 0.2) is 0 Å². The first kappa shape index (κ1) is 9.84. The van der Waals surface area contributed by atoms with Gasteiger partial charge in [0.05, 0.1) is 19.4 Å². The second-order valence-electron chi connectivity index (χ2n) is 2.22. The van der Waals surface area contributed by atoms with Crippen molar-refractivity contribution in [1.82, 2.24) is 4.90 Å². The van der Waals surface area contributed by atoms with Gasteiger partial charge >= 0.3 is 0 Å². The number of aliphatic hydroxyl groups excluding tert-OH is 2. The molecule has 0 rings (SSSR count). The van der Waals surface area contributed by atoms with E-state index >= 15 is 0 Å². The van der Waals surface area contributed by atoms with Gasteiger partial charge in [0.1, 0.15) is 0 Å². The lowest BCUT2D eigenvalue weighted by molar-refractivity contribution is 0.131. The molecule has 0 radical (unpaired) electrons. The van der Waals surface area contributed by atoms with E-state index in [9.17, 15) is 0 Å². The van der Waals surface area contributed by atoms with Gasteiger partial charge in [-0.2, -0.15) is 0 Å². The fraction of sp³-hybridized carbons (Fsp3) is 1.00. The zero-order valence-corrected chi connectivity index (χ0v) is 6.32. The number of nitrogens with zero attached hydrogens (tertiary/aromatic N) is 1. The zero-order chi connectivity index (χ0) is 7.98. The van der Waals surface area contributed by atoms with Crippen LogP contribution in [0.25, 0.3) is 0 Å². The maximum absolute atomic E-state index is 8.53. The molecule has 0 amide bonds. The Morgan fingerprint density at radius 1 is 1.30 bits per heavy atom. The van der Waals surface area contributed by atoms with Gasteiger partial charge in [-0.15, -0.1) is 0 Å². The van der Waals surface area contributed by atoms with Crippen LogP contribution >= 0.6 is 0 Å². The van der Waals surface area contributed by atoms with Gasteiger partial charge in [0.25, 0.3) is 0 Å². The Kier molecular flexibility index (Phi) is 5.52. The standard InChI is InChI=1S/C6H16N2O2/c1-6(7)8(2-4-9)3-5-10/h6,9-10H,2-5,7H2,1H3. The van der Waals surface area contributed by atoms with Crippen molar-refractivity contribution in [2.45, 2.75) is 13.1 Å². The predicted molar refractivity (Wildman–Crippen MR) is 39.4 cm³/mol. The number of rotatable bonds is 5. The van der Waals surface area contributed by atoms with Crippen LogP contribution in [0.15, 0.2) is 0 Å². The third-order valence-electron chi connectivity index (χ3n) is 1.35. The van der Waals surface area contributed by atoms with Crippen molar-refractivity contribution in [2.75, 3.05) is 26.3 Å². The summed E-state index contributed by atoms with van der Waals surface area (Å²) in [7, 11) is 0. The smallest absolute Gasteiger partial charge is 0.0559 e. The molecule has 0 aromatic rings. The Morgan fingerprint density at radius 3 is 1.90 bits per heavy atom. The third kappa shape index (κ3) is 3.79. The molecule has 0 saturated heterocycles. The molecule has 10 heavy (non-hydrogen) atoms. The first-order chi connectivity index (χ1) is 4.72. The van der Waals surface area contributed by atoms with E-state index in [0.717, 1.165) is 0 Å². The van der Waals surface area contributed by atoms with E-state index in [4.69, 9.17) is 15.9 Å². The molecule has 0 bridgehead atoms. The fourth-order valence-corrected chi connectivity index (χ4v) is 0.776. The van der Waals surface area contributed by atoms with Crippen LogP contribution in [0.3, 0.4) is 0 Å². The zero-order valence-electron chi connectivity index (χ0n) is 6.32. The van der Waals surface area contributed by atoms with E-state index in [-0.39, 0.29) is 19.4 Å². The van der Waals surface area contributed by atoms with E-state index in [0.29, 0.717) is 13.1 Å². The summed E-state index contributed by atoms with van der Waals surface area (Å²) in [5, 5.41) is 17.1. The number of aliphatic hydroxyl groups is 2. The largest absolute Gasteiger partial charge is 0.395 e. The Morgan fingerprint density at radius 2 is 1.70 bits per heavy atom. The number of nitrogens with two attached hydrogens (primary N) is 1. The van der Waals surface area contributed by atoms with E-state index < -0.39 is 0 Å². The minimum absolute atomic E-state index is 0.0849. The summed E-state index contributed by atoms with van der Waals surface area (Å²) in [5.41, 5.74) is 5.51. The van der Waals surface area contributed by atoms with Gasteiger partial charge in [-0.3, -0.25) is 4.90 Å². The fourth-order valence-electron chi connectivity index (χ4n) is 0.776. The van der Waals surface area contributed by atoms with Crippen molar-refractivity contribution >= 4 is 0 Å². The van der Waals surface area contributed by atoms with Crippen LogP contribution in [0.1, 0.15) is 6.92 Å². The van der Waals surface area contributed by atoms with E-state index in [1.54, 1.807) is 4.90 Å². The molecule has 4 heteroatoms. The van der Waals surface area contributed by atoms with Crippen molar-refractivity contribution in [3.8, 4) is 0 Å². The van der Waals surface area contributed by atoms with E-state index in [2.05, 4.69) is 0 Å². The molecule has 0 aliphatic heterocycles. The molecule has 1 unspecified atom stereocenters. The Bertz CT molecular complexity index is 72.1. The van der Waals surface area contributed by atoms with Gasteiger partial charge < -0.3 is 15.9 Å². The van der Waals surface area contributed by atoms with Crippen molar-refractivity contribution in [1.29, 1.82) is 0 Å². The third-order valence-corrected chi connectivity index (χ3v) is 1.35. The monoisotopic (exact) mass is 148 g/mol. The highest BCUT2D eigenvalue weighted by atomic mass is 16.3. The topological polar surface area (TPSA) is 69.7 Å². The molecular weight excluding hydrogens is 132 g/mol. The molecule has 0 aromatic heterocycles. The van der Waals surface area contributed by atoms with E-state index in [1.807, 2.05) is 6.92 Å². The normalized spacial score (nSPS) is 14.1. The SMILES string of the molecule is CC(N)N(CCO)CCO. The Balaban J connectivity index is 3.50. The van der Waals surface area contributed by atoms with Crippen molar-refractivity contribution in [3.63, 3.8) is 0 Å². The van der Waals surface area contributed by atoms with Crippen molar-refractivity contribution < 1.29 is 10.2 Å². The van der Waals surface area contributed by atoms with Crippen molar-refractivity contribution in [3.05, 3.63) is 0 Å². The lowest BCUT2D eigenvalue weighted by atomic mass is 10.4. The summed E-state index contributed by atoms with van der Waals surface area (Å²) < 4.78 is 0. The highest BCUT2D eigenvalue weighted by Crippen LogP contribution is 1.89. The molecule has 4 nitrogen and oxygen atoms in total. The van der Waals surface area contributed by atoms with Gasteiger partial charge in [-0.1, -0.05) is 0 Å². The van der Waals surface area contributed by atoms with Crippen LogP contribution in [-0.2, 0) is 0 Å². The molecular formula is C6H16N2O2. The second kappa shape index (κ2) is 5.61. The molecule has 0 aliphatic carbocycles. The van der Waals surface area contributed by atoms with Gasteiger partial charge in [-0.25, -0.2) is 0 Å². The molecule has 0 aliphatic rings. The summed E-state index contributed by atoms with van der Waals surface area (Å²) in [5.74, 6) is 0. The highest BCUT2D eigenvalue weighted by molar-refractivity contribution is 4.59. The molecule has 0 fully saturated rings. The molecule has 0 heterocycles. The summed E-state index contributed by atoms with van der Waals surface area (Å²) in [6.45, 7) is 3.05. The van der Waals surface area contributed by atoms with E-state index in [1.165, 1.54) is 0 Å². The Hall–Kier alpha value is -0.160. The Labute approximate surface area is 61.3 Å². The van der Waals surface area contributed by atoms with Crippen LogP contribution in [0, 0.1) is 0 Å². The summed E-state index contributed by atoms with van der Waals surface area (Å²) >= 11 is 0. The lowest BCUT2D eigenvalue weighted by Gasteiger charge is -2.23. The molecule has 0 spiro atoms. The van der Waals surface area contributed by atoms with Crippen LogP contribution in [0.5, 0.6) is 0 Å². The minimum atomic E-state index is -0.0979. The highest BCUT2D eigenvalue weighted by Gasteiger charge is 2.06. The maximum Gasteiger partial charge on any atom is 0.0559 e. The van der Waals surface area contributed by atoms with Crippen LogP contribution in [0.4, 0.5) is 0 Å². The lowest BCUT2D eigenvalue weighted by Crippen LogP contribution is -2.42. The average Bonchev–Trinajstić information content (AvgIpc) is 1.87. The van der Waals surface area contributed by atoms with Crippen LogP contribution < -0.4 is 5.73 Å². The molecule has 1 atom stereocenters. The van der Waals surface area contributed by atoms with Gasteiger partial charge in [0, 0.05) is 13.1 Å². The maximum atomic E-state index is 8.53. The van der Waals surface area contributed by atoms with Crippen LogP contribution in [0.2, 0.25) is 0 Å². The number of hydrogen-bond acceptors (Lipinski definition) is 4. The molecule has 0 saturated carbocycles. The average molecular weight is 148 g/mol. The van der Waals surface area contributed by atoms with Crippen molar-refractivity contribution in [2.24, 2.45) is 5.73 Å². The second-order valence-corrected chi connectivity index (χ2v) is 2.22. The molecule has 0 aromatic carbocycles. The summed E-state index contributed by atoms with van der Waals surface area (Å²) in [6.07, 6.45) is -0.0979. The molecule has 4 N–H and O–H groups in total. The van der Waals surface area contributed by atoms with Gasteiger partial charge in [-0.05, 0) is 6.92 Å². The first-order valence-electron chi connectivity index (χ1n) is 3.43. The predicted octanol–water partition coefficient (Wildman–Crippen LogP) is -1.42. The minimum Gasteiger partial charge on any atom is -0.395 e. The summed E-state index contributed by atoms with van der Waals surface area (Å²) in [6, 6.07) is 0. The van der Waals surface area contributed by atoms with Crippen LogP contribution in [-0.4, -0.2) is 47.6 Å². The van der Waals surface area contributed by atoms with Gasteiger partial charge in [0.2, 0.25) is 0 Å². The number of hydrogen-bond donors (Lipinski definition) is 3. The first-order valence-corrected chi connectivity index (χ1v) is 3.43. The molecule has 62 valence electrons.